The van der Waals surface area contributed by atoms with Crippen LogP contribution in [0.3, 0.4) is 0 Å². The van der Waals surface area contributed by atoms with Crippen molar-refractivity contribution >= 4 is 11.6 Å². The van der Waals surface area contributed by atoms with Crippen molar-refractivity contribution in [1.29, 1.82) is 0 Å². The molecule has 0 aliphatic heterocycles. The largest absolute Gasteiger partial charge is 0.477 e. The molecule has 102 valence electrons. The number of ether oxygens (including phenoxy) is 1. The first kappa shape index (κ1) is 12.7. The van der Waals surface area contributed by atoms with Gasteiger partial charge in [-0.15, -0.1) is 0 Å². The van der Waals surface area contributed by atoms with E-state index < -0.39 is 0 Å². The number of carbonyl (C=O) groups is 1. The van der Waals surface area contributed by atoms with Crippen molar-refractivity contribution in [3.8, 4) is 5.88 Å². The van der Waals surface area contributed by atoms with E-state index in [9.17, 15) is 4.79 Å². The van der Waals surface area contributed by atoms with Crippen molar-refractivity contribution in [2.75, 3.05) is 11.9 Å². The number of hydrogen-bond acceptors (Lipinski definition) is 3. The van der Waals surface area contributed by atoms with Crippen LogP contribution >= 0.6 is 0 Å². The molecular weight excluding hydrogens is 252 g/mol. The summed E-state index contributed by atoms with van der Waals surface area (Å²) in [5.41, 5.74) is 1.29. The van der Waals surface area contributed by atoms with Crippen LogP contribution in [0.5, 0.6) is 5.88 Å². The number of nitrogens with one attached hydrogen (secondary N) is 1. The van der Waals surface area contributed by atoms with Crippen LogP contribution in [-0.4, -0.2) is 17.5 Å². The van der Waals surface area contributed by atoms with Crippen molar-refractivity contribution < 1.29 is 9.53 Å². The lowest BCUT2D eigenvalue weighted by atomic mass is 10.2. The Bertz CT molecular complexity index is 577. The number of hydrogen-bond donors (Lipinski definition) is 1. The molecule has 0 spiro atoms. The van der Waals surface area contributed by atoms with Gasteiger partial charge in [0, 0.05) is 18.0 Å². The lowest BCUT2D eigenvalue weighted by Crippen LogP contribution is -2.12. The smallest absolute Gasteiger partial charge is 0.257 e. The number of nitrogens with zero attached hydrogens (tertiary/aromatic N) is 1. The third-order valence-electron chi connectivity index (χ3n) is 3.19. The fourth-order valence-corrected chi connectivity index (χ4v) is 1.81. The highest BCUT2D eigenvalue weighted by atomic mass is 16.5. The van der Waals surface area contributed by atoms with E-state index >= 15 is 0 Å². The third-order valence-corrected chi connectivity index (χ3v) is 3.19. The Morgan fingerprint density at radius 3 is 2.65 bits per heavy atom. The molecule has 1 aliphatic carbocycles. The van der Waals surface area contributed by atoms with Gasteiger partial charge in [0.2, 0.25) is 5.88 Å². The molecule has 1 aromatic heterocycles. The predicted molar refractivity (Wildman–Crippen MR) is 76.9 cm³/mol. The average molecular weight is 268 g/mol. The van der Waals surface area contributed by atoms with Crippen molar-refractivity contribution in [1.82, 2.24) is 4.98 Å². The first-order valence-electron chi connectivity index (χ1n) is 6.76. The van der Waals surface area contributed by atoms with E-state index in [1.165, 1.54) is 12.8 Å². The summed E-state index contributed by atoms with van der Waals surface area (Å²) in [5, 5.41) is 2.82. The van der Waals surface area contributed by atoms with Crippen LogP contribution in [0.25, 0.3) is 0 Å². The van der Waals surface area contributed by atoms with Crippen LogP contribution in [0.1, 0.15) is 23.2 Å². The van der Waals surface area contributed by atoms with E-state index in [-0.39, 0.29) is 5.91 Å². The summed E-state index contributed by atoms with van der Waals surface area (Å²) in [6.07, 6.45) is 4.04. The molecule has 20 heavy (non-hydrogen) atoms. The number of aromatic nitrogens is 1. The molecule has 0 atom stereocenters. The van der Waals surface area contributed by atoms with Gasteiger partial charge in [0.25, 0.3) is 5.91 Å². The topological polar surface area (TPSA) is 51.2 Å². The molecule has 2 aromatic rings. The number of amides is 1. The van der Waals surface area contributed by atoms with Crippen molar-refractivity contribution in [2.24, 2.45) is 5.92 Å². The monoisotopic (exact) mass is 268 g/mol. The number of anilines is 1. The lowest BCUT2D eigenvalue weighted by Gasteiger charge is -2.06. The first-order valence-corrected chi connectivity index (χ1v) is 6.76. The summed E-state index contributed by atoms with van der Waals surface area (Å²) < 4.78 is 5.54. The maximum atomic E-state index is 12.0. The Morgan fingerprint density at radius 1 is 1.20 bits per heavy atom. The van der Waals surface area contributed by atoms with Gasteiger partial charge >= 0.3 is 0 Å². The van der Waals surface area contributed by atoms with E-state index in [1.807, 2.05) is 30.3 Å². The van der Waals surface area contributed by atoms with Crippen LogP contribution < -0.4 is 10.1 Å². The van der Waals surface area contributed by atoms with Gasteiger partial charge in [0.05, 0.1) is 12.2 Å². The minimum Gasteiger partial charge on any atom is -0.477 e. The van der Waals surface area contributed by atoms with E-state index in [1.54, 1.807) is 18.3 Å². The Balaban J connectivity index is 1.59. The normalized spacial score (nSPS) is 13.8. The zero-order valence-electron chi connectivity index (χ0n) is 11.1. The number of rotatable bonds is 5. The Morgan fingerprint density at radius 2 is 2.00 bits per heavy atom. The van der Waals surface area contributed by atoms with Crippen molar-refractivity contribution in [2.45, 2.75) is 12.8 Å². The predicted octanol–water partition coefficient (Wildman–Crippen LogP) is 3.12. The summed E-state index contributed by atoms with van der Waals surface area (Å²) >= 11 is 0. The number of para-hydroxylation sites is 1. The fraction of sp³-hybridized carbons (Fsp3) is 0.250. The van der Waals surface area contributed by atoms with Gasteiger partial charge in [-0.1, -0.05) is 18.2 Å². The first-order chi connectivity index (χ1) is 9.81. The molecular formula is C16H16N2O2. The van der Waals surface area contributed by atoms with E-state index in [4.69, 9.17) is 4.74 Å². The molecule has 1 fully saturated rings. The second-order valence-electron chi connectivity index (χ2n) is 4.96. The zero-order valence-corrected chi connectivity index (χ0v) is 11.1. The molecule has 1 saturated carbocycles. The van der Waals surface area contributed by atoms with Gasteiger partial charge in [0.15, 0.2) is 0 Å². The molecule has 0 saturated heterocycles. The van der Waals surface area contributed by atoms with Crippen LogP contribution in [0, 0.1) is 5.92 Å². The molecule has 0 radical (unpaired) electrons. The van der Waals surface area contributed by atoms with Gasteiger partial charge in [-0.2, -0.15) is 0 Å². The van der Waals surface area contributed by atoms with Crippen molar-refractivity contribution in [3.63, 3.8) is 0 Å². The summed E-state index contributed by atoms with van der Waals surface area (Å²) in [6, 6.07) is 12.8. The minimum absolute atomic E-state index is 0.169. The Labute approximate surface area is 117 Å². The summed E-state index contributed by atoms with van der Waals surface area (Å²) in [6.45, 7) is 0.725. The van der Waals surface area contributed by atoms with E-state index in [0.29, 0.717) is 17.4 Å². The molecule has 1 amide bonds. The van der Waals surface area contributed by atoms with Gasteiger partial charge in [-0.25, -0.2) is 4.98 Å². The molecule has 0 bridgehead atoms. The van der Waals surface area contributed by atoms with Crippen LogP contribution in [0.15, 0.2) is 48.7 Å². The van der Waals surface area contributed by atoms with Crippen LogP contribution in [-0.2, 0) is 0 Å². The van der Waals surface area contributed by atoms with Gasteiger partial charge < -0.3 is 10.1 Å². The molecule has 1 aromatic carbocycles. The summed E-state index contributed by atoms with van der Waals surface area (Å²) in [5.74, 6) is 1.10. The highest BCUT2D eigenvalue weighted by molar-refractivity contribution is 6.04. The Hall–Kier alpha value is -2.36. The van der Waals surface area contributed by atoms with Gasteiger partial charge in [0.1, 0.15) is 0 Å². The highest BCUT2D eigenvalue weighted by Gasteiger charge is 2.22. The van der Waals surface area contributed by atoms with Gasteiger partial charge in [-0.3, -0.25) is 4.79 Å². The maximum Gasteiger partial charge on any atom is 0.257 e. The van der Waals surface area contributed by atoms with Crippen LogP contribution in [0.4, 0.5) is 5.69 Å². The SMILES string of the molecule is O=C(Nc1ccccc1)c1ccc(OCC2CC2)nc1. The highest BCUT2D eigenvalue weighted by Crippen LogP contribution is 2.29. The number of benzene rings is 1. The summed E-state index contributed by atoms with van der Waals surface area (Å²) in [7, 11) is 0. The van der Waals surface area contributed by atoms with Gasteiger partial charge in [-0.05, 0) is 37.0 Å². The fourth-order valence-electron chi connectivity index (χ4n) is 1.81. The number of pyridine rings is 1. The number of carbonyl (C=O) groups excluding carboxylic acids is 1. The van der Waals surface area contributed by atoms with Crippen LogP contribution in [0.2, 0.25) is 0 Å². The quantitative estimate of drug-likeness (QED) is 0.906. The Kier molecular flexibility index (Phi) is 3.63. The van der Waals surface area contributed by atoms with E-state index in [0.717, 1.165) is 12.3 Å². The second kappa shape index (κ2) is 5.74. The molecule has 0 unspecified atom stereocenters. The average Bonchev–Trinajstić information content (AvgIpc) is 3.31. The second-order valence-corrected chi connectivity index (χ2v) is 4.96. The zero-order chi connectivity index (χ0) is 13.8. The third kappa shape index (κ3) is 3.35. The molecule has 1 aliphatic rings. The molecule has 4 nitrogen and oxygen atoms in total. The lowest BCUT2D eigenvalue weighted by molar-refractivity contribution is 0.102. The molecule has 1 heterocycles. The molecule has 4 heteroatoms. The van der Waals surface area contributed by atoms with Crippen molar-refractivity contribution in [3.05, 3.63) is 54.2 Å². The minimum atomic E-state index is -0.169. The molecule has 3 rings (SSSR count). The summed E-state index contributed by atoms with van der Waals surface area (Å²) in [4.78, 5) is 16.2. The molecule has 1 N–H and O–H groups in total. The van der Waals surface area contributed by atoms with E-state index in [2.05, 4.69) is 10.3 Å². The standard InChI is InChI=1S/C16H16N2O2/c19-16(18-14-4-2-1-3-5-14)13-8-9-15(17-10-13)20-11-12-6-7-12/h1-5,8-10,12H,6-7,11H2,(H,18,19). The maximum absolute atomic E-state index is 12.0.